The quantitative estimate of drug-likeness (QED) is 0.758. The summed E-state index contributed by atoms with van der Waals surface area (Å²) in [5, 5.41) is 4.35. The summed E-state index contributed by atoms with van der Waals surface area (Å²) in [6.45, 7) is 8.54. The van der Waals surface area contributed by atoms with E-state index in [0.29, 0.717) is 18.1 Å². The predicted molar refractivity (Wildman–Crippen MR) is 98.6 cm³/mol. The number of rotatable bonds is 7. The van der Waals surface area contributed by atoms with Gasteiger partial charge in [-0.15, -0.1) is 0 Å². The fourth-order valence-electron chi connectivity index (χ4n) is 3.05. The highest BCUT2D eigenvalue weighted by molar-refractivity contribution is 7.07. The van der Waals surface area contributed by atoms with Crippen LogP contribution in [0.3, 0.4) is 0 Å². The van der Waals surface area contributed by atoms with Gasteiger partial charge in [0.2, 0.25) is 5.89 Å². The van der Waals surface area contributed by atoms with Crippen molar-refractivity contribution in [2.75, 3.05) is 39.8 Å². The topological polar surface area (TPSA) is 52.8 Å². The molecule has 0 spiro atoms. The van der Waals surface area contributed by atoms with Crippen molar-refractivity contribution in [2.24, 2.45) is 0 Å². The molecular weight excluding hydrogens is 336 g/mol. The van der Waals surface area contributed by atoms with Crippen LogP contribution in [0.4, 0.5) is 0 Å². The van der Waals surface area contributed by atoms with E-state index in [1.807, 2.05) is 0 Å². The van der Waals surface area contributed by atoms with Crippen LogP contribution in [-0.2, 0) is 13.1 Å². The summed E-state index contributed by atoms with van der Waals surface area (Å²) in [7, 11) is 1.80. The van der Waals surface area contributed by atoms with E-state index in [1.165, 1.54) is 11.8 Å². The molecule has 7 heteroatoms. The van der Waals surface area contributed by atoms with Gasteiger partial charge >= 0.3 is 0 Å². The minimum atomic E-state index is -0.0718. The number of carbonyl (C=O) groups excluding carboxylic acids is 1. The minimum Gasteiger partial charge on any atom is -0.447 e. The maximum absolute atomic E-state index is 12.2. The number of aromatic nitrogens is 1. The average molecular weight is 362 g/mol. The maximum atomic E-state index is 12.2. The van der Waals surface area contributed by atoms with Crippen LogP contribution in [0.5, 0.6) is 0 Å². The van der Waals surface area contributed by atoms with Crippen LogP contribution in [0.25, 0.3) is 0 Å². The second-order valence-electron chi connectivity index (χ2n) is 6.54. The lowest BCUT2D eigenvalue weighted by atomic mass is 10.2. The van der Waals surface area contributed by atoms with Crippen LogP contribution in [0, 0.1) is 0 Å². The van der Waals surface area contributed by atoms with Crippen LogP contribution < -0.4 is 0 Å². The summed E-state index contributed by atoms with van der Waals surface area (Å²) in [6, 6.07) is 2.19. The zero-order valence-corrected chi connectivity index (χ0v) is 15.8. The molecule has 1 saturated heterocycles. The van der Waals surface area contributed by atoms with Crippen molar-refractivity contribution in [3.05, 3.63) is 40.2 Å². The monoisotopic (exact) mass is 362 g/mol. The first-order chi connectivity index (χ1) is 12.2. The van der Waals surface area contributed by atoms with E-state index < -0.39 is 0 Å². The third-order valence-corrected chi connectivity index (χ3v) is 5.22. The smallest absolute Gasteiger partial charge is 0.275 e. The van der Waals surface area contributed by atoms with Gasteiger partial charge in [0.15, 0.2) is 5.69 Å². The molecule has 0 aliphatic carbocycles. The fraction of sp³-hybridized carbons (Fsp3) is 0.556. The molecule has 1 aliphatic rings. The number of carbonyl (C=O) groups is 1. The summed E-state index contributed by atoms with van der Waals surface area (Å²) in [5.41, 5.74) is 1.80. The van der Waals surface area contributed by atoms with Gasteiger partial charge in [-0.1, -0.05) is 6.92 Å². The number of thiophene rings is 1. The molecule has 1 fully saturated rings. The molecule has 25 heavy (non-hydrogen) atoms. The van der Waals surface area contributed by atoms with Crippen molar-refractivity contribution in [3.8, 4) is 0 Å². The standard InChI is InChI=1S/C18H26N4O2S/c1-3-5-20(2)18(23)16-13-24-17(19-16)12-22-8-6-21(7-9-22)11-15-4-10-25-14-15/h4,10,13-14H,3,5-9,11-12H2,1-2H3. The van der Waals surface area contributed by atoms with Crippen molar-refractivity contribution in [3.63, 3.8) is 0 Å². The first-order valence-corrected chi connectivity index (χ1v) is 9.75. The van der Waals surface area contributed by atoms with Gasteiger partial charge in [0.1, 0.15) is 6.26 Å². The molecule has 0 atom stereocenters. The molecule has 6 nitrogen and oxygen atoms in total. The highest BCUT2D eigenvalue weighted by Gasteiger charge is 2.21. The van der Waals surface area contributed by atoms with Crippen molar-refractivity contribution >= 4 is 17.2 Å². The van der Waals surface area contributed by atoms with E-state index >= 15 is 0 Å². The Balaban J connectivity index is 1.47. The fourth-order valence-corrected chi connectivity index (χ4v) is 3.71. The van der Waals surface area contributed by atoms with Gasteiger partial charge in [-0.3, -0.25) is 14.6 Å². The lowest BCUT2D eigenvalue weighted by Crippen LogP contribution is -2.45. The molecule has 3 heterocycles. The predicted octanol–water partition coefficient (Wildman–Crippen LogP) is 2.54. The van der Waals surface area contributed by atoms with Crippen molar-refractivity contribution in [1.29, 1.82) is 0 Å². The summed E-state index contributed by atoms with van der Waals surface area (Å²) in [4.78, 5) is 23.1. The third kappa shape index (κ3) is 4.90. The lowest BCUT2D eigenvalue weighted by Gasteiger charge is -2.33. The molecule has 1 amide bonds. The van der Waals surface area contributed by atoms with Crippen LogP contribution in [0.1, 0.15) is 35.3 Å². The SMILES string of the molecule is CCCN(C)C(=O)c1coc(CN2CCN(Cc3ccsc3)CC2)n1. The molecule has 136 valence electrons. The number of piperazine rings is 1. The van der Waals surface area contributed by atoms with Crippen LogP contribution >= 0.6 is 11.3 Å². The van der Waals surface area contributed by atoms with Crippen LogP contribution in [0.2, 0.25) is 0 Å². The molecular formula is C18H26N4O2S. The van der Waals surface area contributed by atoms with Gasteiger partial charge in [-0.2, -0.15) is 11.3 Å². The normalized spacial score (nSPS) is 16.2. The Morgan fingerprint density at radius 3 is 2.64 bits per heavy atom. The van der Waals surface area contributed by atoms with Gasteiger partial charge in [0.05, 0.1) is 6.54 Å². The van der Waals surface area contributed by atoms with Gasteiger partial charge in [0, 0.05) is 46.3 Å². The summed E-state index contributed by atoms with van der Waals surface area (Å²) in [5.74, 6) is 0.553. The van der Waals surface area contributed by atoms with Gasteiger partial charge in [-0.05, 0) is 28.8 Å². The first kappa shape index (κ1) is 18.1. The molecule has 0 bridgehead atoms. The molecule has 2 aromatic heterocycles. The Hall–Kier alpha value is -1.70. The summed E-state index contributed by atoms with van der Waals surface area (Å²) in [6.07, 6.45) is 2.42. The van der Waals surface area contributed by atoms with E-state index in [1.54, 1.807) is 23.3 Å². The molecule has 0 aromatic carbocycles. The van der Waals surface area contributed by atoms with Crippen molar-refractivity contribution < 1.29 is 9.21 Å². The largest absolute Gasteiger partial charge is 0.447 e. The number of hydrogen-bond donors (Lipinski definition) is 0. The van der Waals surface area contributed by atoms with E-state index in [2.05, 4.69) is 38.5 Å². The molecule has 2 aromatic rings. The molecule has 0 unspecified atom stereocenters. The number of oxazole rings is 1. The Kier molecular flexibility index (Phi) is 6.23. The molecule has 0 N–H and O–H groups in total. The first-order valence-electron chi connectivity index (χ1n) is 8.81. The Bertz CT molecular complexity index is 662. The number of amides is 1. The van der Waals surface area contributed by atoms with Crippen LogP contribution in [0.15, 0.2) is 27.5 Å². The average Bonchev–Trinajstić information content (AvgIpc) is 3.28. The molecule has 0 saturated carbocycles. The van der Waals surface area contributed by atoms with Crippen LogP contribution in [-0.4, -0.2) is 65.4 Å². The second kappa shape index (κ2) is 8.60. The number of hydrogen-bond acceptors (Lipinski definition) is 6. The van der Waals surface area contributed by atoms with Gasteiger partial charge in [-0.25, -0.2) is 4.98 Å². The highest BCUT2D eigenvalue weighted by Crippen LogP contribution is 2.14. The highest BCUT2D eigenvalue weighted by atomic mass is 32.1. The van der Waals surface area contributed by atoms with E-state index in [4.69, 9.17) is 4.42 Å². The van der Waals surface area contributed by atoms with Gasteiger partial charge < -0.3 is 9.32 Å². The second-order valence-corrected chi connectivity index (χ2v) is 7.32. The lowest BCUT2D eigenvalue weighted by molar-refractivity contribution is 0.0789. The van der Waals surface area contributed by atoms with Crippen molar-refractivity contribution in [2.45, 2.75) is 26.4 Å². The zero-order valence-electron chi connectivity index (χ0n) is 15.0. The minimum absolute atomic E-state index is 0.0718. The maximum Gasteiger partial charge on any atom is 0.275 e. The summed E-state index contributed by atoms with van der Waals surface area (Å²) >= 11 is 1.75. The number of nitrogens with zero attached hydrogens (tertiary/aromatic N) is 4. The Morgan fingerprint density at radius 2 is 2.00 bits per heavy atom. The Morgan fingerprint density at radius 1 is 1.28 bits per heavy atom. The molecule has 0 radical (unpaired) electrons. The zero-order chi connectivity index (χ0) is 17.6. The third-order valence-electron chi connectivity index (χ3n) is 4.49. The molecule has 3 rings (SSSR count). The molecule has 1 aliphatic heterocycles. The Labute approximate surface area is 153 Å². The van der Waals surface area contributed by atoms with E-state index in [0.717, 1.165) is 45.7 Å². The van der Waals surface area contributed by atoms with E-state index in [9.17, 15) is 4.79 Å². The van der Waals surface area contributed by atoms with Crippen molar-refractivity contribution in [1.82, 2.24) is 19.7 Å². The van der Waals surface area contributed by atoms with Gasteiger partial charge in [0.25, 0.3) is 5.91 Å². The van der Waals surface area contributed by atoms with E-state index in [-0.39, 0.29) is 5.91 Å². The summed E-state index contributed by atoms with van der Waals surface area (Å²) < 4.78 is 5.52.